The molecule has 3 aromatic rings. The summed E-state index contributed by atoms with van der Waals surface area (Å²) in [6, 6.07) is 10.8. The normalized spacial score (nSPS) is 18.7. The fraction of sp³-hybridized carbons (Fsp3) is 0.238. The van der Waals surface area contributed by atoms with Gasteiger partial charge in [0.05, 0.1) is 0 Å². The Morgan fingerprint density at radius 2 is 1.93 bits per heavy atom. The van der Waals surface area contributed by atoms with E-state index >= 15 is 0 Å². The highest BCUT2D eigenvalue weighted by atomic mass is 35.5. The first kappa shape index (κ1) is 20.0. The molecule has 0 saturated carbocycles. The number of hydrogen-bond acceptors (Lipinski definition) is 5. The molecule has 1 unspecified atom stereocenters. The van der Waals surface area contributed by atoms with E-state index in [0.29, 0.717) is 28.1 Å². The molecule has 0 bridgehead atoms. The van der Waals surface area contributed by atoms with E-state index in [1.54, 1.807) is 43.3 Å². The molecule has 0 aliphatic carbocycles. The Bertz CT molecular complexity index is 1130. The van der Waals surface area contributed by atoms with E-state index in [1.165, 1.54) is 6.07 Å². The molecule has 2 heterocycles. The summed E-state index contributed by atoms with van der Waals surface area (Å²) in [5.41, 5.74) is 0.385. The van der Waals surface area contributed by atoms with Crippen molar-refractivity contribution in [1.82, 2.24) is 20.4 Å². The van der Waals surface area contributed by atoms with Crippen LogP contribution in [0.25, 0.3) is 11.4 Å². The van der Waals surface area contributed by atoms with Gasteiger partial charge >= 0.3 is 6.03 Å². The number of imide groups is 1. The Hall–Kier alpha value is -3.26. The molecule has 30 heavy (non-hydrogen) atoms. The molecule has 7 nitrogen and oxygen atoms in total. The summed E-state index contributed by atoms with van der Waals surface area (Å²) in [7, 11) is 0. The van der Waals surface area contributed by atoms with Gasteiger partial charge in [-0.15, -0.1) is 0 Å². The summed E-state index contributed by atoms with van der Waals surface area (Å²) in [6.45, 7) is 3.27. The molecular formula is C21H18ClFN4O3. The molecule has 154 valence electrons. The number of urea groups is 1. The predicted molar refractivity (Wildman–Crippen MR) is 107 cm³/mol. The van der Waals surface area contributed by atoms with Crippen LogP contribution >= 0.6 is 11.6 Å². The fourth-order valence-corrected chi connectivity index (χ4v) is 3.57. The average molecular weight is 429 g/mol. The van der Waals surface area contributed by atoms with Gasteiger partial charge in [0, 0.05) is 10.6 Å². The Balaban J connectivity index is 1.59. The summed E-state index contributed by atoms with van der Waals surface area (Å²) >= 11 is 5.95. The maximum atomic E-state index is 13.8. The number of hydrogen-bond donors (Lipinski definition) is 1. The van der Waals surface area contributed by atoms with Crippen LogP contribution in [0, 0.1) is 12.7 Å². The molecule has 1 N–H and O–H groups in total. The van der Waals surface area contributed by atoms with Gasteiger partial charge in [0.1, 0.15) is 17.9 Å². The second kappa shape index (κ2) is 7.53. The van der Waals surface area contributed by atoms with E-state index in [-0.39, 0.29) is 24.1 Å². The number of nitrogens with zero attached hydrogens (tertiary/aromatic N) is 3. The van der Waals surface area contributed by atoms with Crippen molar-refractivity contribution in [1.29, 1.82) is 0 Å². The van der Waals surface area contributed by atoms with Crippen LogP contribution < -0.4 is 5.32 Å². The number of halogens is 2. The Morgan fingerprint density at radius 1 is 1.20 bits per heavy atom. The molecule has 4 rings (SSSR count). The van der Waals surface area contributed by atoms with E-state index in [1.807, 2.05) is 6.92 Å². The topological polar surface area (TPSA) is 88.3 Å². The number of rotatable bonds is 5. The minimum absolute atomic E-state index is 0.0671. The zero-order valence-electron chi connectivity index (χ0n) is 16.3. The van der Waals surface area contributed by atoms with Gasteiger partial charge in [0.25, 0.3) is 5.91 Å². The number of carbonyl (C=O) groups is 2. The standard InChI is InChI=1S/C21H18ClFN4O3/c1-3-21(14-6-8-15(22)9-7-14)19(28)27(20(29)25-21)11-17-24-18(26-30-17)13-5-4-12(2)16(23)10-13/h4-10H,3,11H2,1-2H3,(H,25,29). The largest absolute Gasteiger partial charge is 0.337 e. The molecule has 3 amide bonds. The summed E-state index contributed by atoms with van der Waals surface area (Å²) in [4.78, 5) is 31.0. The van der Waals surface area contributed by atoms with Crippen molar-refractivity contribution in [3.8, 4) is 11.4 Å². The SMILES string of the molecule is CCC1(c2ccc(Cl)cc2)NC(=O)N(Cc2nc(-c3ccc(C)c(F)c3)no2)C1=O. The lowest BCUT2D eigenvalue weighted by molar-refractivity contribution is -0.132. The van der Waals surface area contributed by atoms with Gasteiger partial charge in [-0.2, -0.15) is 4.98 Å². The lowest BCUT2D eigenvalue weighted by Gasteiger charge is -2.25. The third-order valence-corrected chi connectivity index (χ3v) is 5.49. The minimum atomic E-state index is -1.19. The second-order valence-corrected chi connectivity index (χ2v) is 7.50. The number of aromatic nitrogens is 2. The lowest BCUT2D eigenvalue weighted by Crippen LogP contribution is -2.43. The van der Waals surface area contributed by atoms with Crippen LogP contribution in [0.4, 0.5) is 9.18 Å². The van der Waals surface area contributed by atoms with Crippen molar-refractivity contribution >= 4 is 23.5 Å². The van der Waals surface area contributed by atoms with Gasteiger partial charge in [-0.1, -0.05) is 47.9 Å². The molecule has 1 atom stereocenters. The summed E-state index contributed by atoms with van der Waals surface area (Å²) in [6.07, 6.45) is 0.355. The highest BCUT2D eigenvalue weighted by molar-refractivity contribution is 6.30. The average Bonchev–Trinajstić information content (AvgIpc) is 3.29. The first-order valence-corrected chi connectivity index (χ1v) is 9.71. The van der Waals surface area contributed by atoms with E-state index in [0.717, 1.165) is 4.90 Å². The molecule has 0 radical (unpaired) electrons. The number of aryl methyl sites for hydroxylation is 1. The van der Waals surface area contributed by atoms with Crippen LogP contribution in [0.5, 0.6) is 0 Å². The van der Waals surface area contributed by atoms with Gasteiger partial charge in [0.2, 0.25) is 11.7 Å². The first-order chi connectivity index (χ1) is 14.3. The van der Waals surface area contributed by atoms with Gasteiger partial charge in [-0.05, 0) is 42.7 Å². The molecule has 1 saturated heterocycles. The third-order valence-electron chi connectivity index (χ3n) is 5.23. The van der Waals surface area contributed by atoms with E-state index in [9.17, 15) is 14.0 Å². The second-order valence-electron chi connectivity index (χ2n) is 7.06. The molecule has 1 fully saturated rings. The minimum Gasteiger partial charge on any atom is -0.337 e. The molecule has 2 aromatic carbocycles. The molecule has 1 aromatic heterocycles. The van der Waals surface area contributed by atoms with Crippen molar-refractivity contribution in [2.24, 2.45) is 0 Å². The highest BCUT2D eigenvalue weighted by Crippen LogP contribution is 2.34. The molecule has 9 heteroatoms. The Kier molecular flexibility index (Phi) is 5.03. The molecular weight excluding hydrogens is 411 g/mol. The summed E-state index contributed by atoms with van der Waals surface area (Å²) < 4.78 is 19.0. The number of benzene rings is 2. The Morgan fingerprint density at radius 3 is 2.60 bits per heavy atom. The molecule has 1 aliphatic heterocycles. The third kappa shape index (κ3) is 3.33. The smallest absolute Gasteiger partial charge is 0.325 e. The molecule has 1 aliphatic rings. The Labute approximate surface area is 176 Å². The first-order valence-electron chi connectivity index (χ1n) is 9.33. The van der Waals surface area contributed by atoms with Crippen LogP contribution in [-0.4, -0.2) is 27.0 Å². The van der Waals surface area contributed by atoms with Gasteiger partial charge < -0.3 is 9.84 Å². The van der Waals surface area contributed by atoms with E-state index < -0.39 is 17.5 Å². The maximum absolute atomic E-state index is 13.8. The predicted octanol–water partition coefficient (Wildman–Crippen LogP) is 4.19. The van der Waals surface area contributed by atoms with Crippen molar-refractivity contribution in [3.63, 3.8) is 0 Å². The van der Waals surface area contributed by atoms with E-state index in [4.69, 9.17) is 16.1 Å². The highest BCUT2D eigenvalue weighted by Gasteiger charge is 2.51. The number of amides is 3. The van der Waals surface area contributed by atoms with Crippen molar-refractivity contribution in [3.05, 3.63) is 70.3 Å². The van der Waals surface area contributed by atoms with Gasteiger partial charge in [-0.25, -0.2) is 9.18 Å². The monoisotopic (exact) mass is 428 g/mol. The zero-order chi connectivity index (χ0) is 21.5. The molecule has 0 spiro atoms. The van der Waals surface area contributed by atoms with Crippen LogP contribution in [0.15, 0.2) is 47.0 Å². The maximum Gasteiger partial charge on any atom is 0.325 e. The van der Waals surface area contributed by atoms with E-state index in [2.05, 4.69) is 15.5 Å². The fourth-order valence-electron chi connectivity index (χ4n) is 3.45. The van der Waals surface area contributed by atoms with Crippen molar-refractivity contribution in [2.45, 2.75) is 32.4 Å². The zero-order valence-corrected chi connectivity index (χ0v) is 17.0. The van der Waals surface area contributed by atoms with Crippen molar-refractivity contribution in [2.75, 3.05) is 0 Å². The number of carbonyl (C=O) groups excluding carboxylic acids is 2. The van der Waals surface area contributed by atoms with Crippen LogP contribution in [0.2, 0.25) is 5.02 Å². The number of nitrogens with one attached hydrogen (secondary N) is 1. The van der Waals surface area contributed by atoms with Crippen LogP contribution in [-0.2, 0) is 16.9 Å². The summed E-state index contributed by atoms with van der Waals surface area (Å²) in [5.74, 6) is -0.560. The quantitative estimate of drug-likeness (QED) is 0.615. The van der Waals surface area contributed by atoms with Gasteiger partial charge in [0.15, 0.2) is 0 Å². The lowest BCUT2D eigenvalue weighted by atomic mass is 9.87. The summed E-state index contributed by atoms with van der Waals surface area (Å²) in [5, 5.41) is 7.15. The van der Waals surface area contributed by atoms with Gasteiger partial charge in [-0.3, -0.25) is 9.69 Å². The van der Waals surface area contributed by atoms with Crippen molar-refractivity contribution < 1.29 is 18.5 Å². The van der Waals surface area contributed by atoms with Crippen LogP contribution in [0.3, 0.4) is 0 Å². The van der Waals surface area contributed by atoms with Crippen LogP contribution in [0.1, 0.15) is 30.4 Å².